The normalized spacial score (nSPS) is 15.9. The second-order valence-corrected chi connectivity index (χ2v) is 5.75. The summed E-state index contributed by atoms with van der Waals surface area (Å²) >= 11 is 0. The molecule has 1 saturated carbocycles. The second kappa shape index (κ2) is 4.64. The molecular formula is C11H17N3O2S. The van der Waals surface area contributed by atoms with Gasteiger partial charge in [-0.2, -0.15) is 13.1 Å². The molecule has 17 heavy (non-hydrogen) atoms. The number of benzene rings is 1. The van der Waals surface area contributed by atoms with Crippen molar-refractivity contribution in [2.75, 3.05) is 4.72 Å². The number of anilines is 1. The molecule has 0 bridgehead atoms. The molecule has 0 aromatic heterocycles. The Bertz CT molecular complexity index is 509. The Hall–Kier alpha value is -1.11. The average molecular weight is 255 g/mol. The number of nitrogens with one attached hydrogen (secondary N) is 2. The van der Waals surface area contributed by atoms with Crippen molar-refractivity contribution in [1.29, 1.82) is 0 Å². The highest BCUT2D eigenvalue weighted by Crippen LogP contribution is 2.22. The largest absolute Gasteiger partial charge is 0.326 e. The molecule has 1 aromatic carbocycles. The van der Waals surface area contributed by atoms with Gasteiger partial charge in [0.05, 0.1) is 5.69 Å². The van der Waals surface area contributed by atoms with Gasteiger partial charge >= 0.3 is 0 Å². The van der Waals surface area contributed by atoms with E-state index in [1.54, 1.807) is 6.07 Å². The summed E-state index contributed by atoms with van der Waals surface area (Å²) in [5, 5.41) is 0. The summed E-state index contributed by atoms with van der Waals surface area (Å²) in [5.41, 5.74) is 8.00. The van der Waals surface area contributed by atoms with Crippen molar-refractivity contribution in [3.8, 4) is 0 Å². The summed E-state index contributed by atoms with van der Waals surface area (Å²) in [6.07, 6.45) is 1.83. The van der Waals surface area contributed by atoms with E-state index in [2.05, 4.69) is 9.44 Å². The number of rotatable bonds is 5. The maximum Gasteiger partial charge on any atom is 0.299 e. The first kappa shape index (κ1) is 12.3. The maximum absolute atomic E-state index is 11.8. The Labute approximate surface area is 102 Å². The van der Waals surface area contributed by atoms with Crippen LogP contribution < -0.4 is 15.2 Å². The lowest BCUT2D eigenvalue weighted by Crippen LogP contribution is -2.32. The van der Waals surface area contributed by atoms with Crippen LogP contribution in [-0.4, -0.2) is 14.5 Å². The zero-order valence-corrected chi connectivity index (χ0v) is 10.5. The molecule has 0 heterocycles. The van der Waals surface area contributed by atoms with Crippen LogP contribution in [0.5, 0.6) is 0 Å². The van der Waals surface area contributed by atoms with Gasteiger partial charge in [-0.3, -0.25) is 4.72 Å². The van der Waals surface area contributed by atoms with Gasteiger partial charge in [-0.25, -0.2) is 0 Å². The SMILES string of the molecule is Cc1cccc(NS(=O)(=O)NC2CC2)c1CN. The molecule has 1 aromatic rings. The first-order chi connectivity index (χ1) is 8.02. The molecule has 0 aliphatic heterocycles. The molecular weight excluding hydrogens is 238 g/mol. The van der Waals surface area contributed by atoms with E-state index >= 15 is 0 Å². The van der Waals surface area contributed by atoms with Crippen molar-refractivity contribution in [3.05, 3.63) is 29.3 Å². The minimum atomic E-state index is -3.48. The lowest BCUT2D eigenvalue weighted by Gasteiger charge is -2.13. The van der Waals surface area contributed by atoms with Gasteiger partial charge in [0.25, 0.3) is 10.2 Å². The minimum Gasteiger partial charge on any atom is -0.326 e. The Morgan fingerprint density at radius 2 is 2.12 bits per heavy atom. The van der Waals surface area contributed by atoms with Crippen molar-refractivity contribution in [2.45, 2.75) is 32.4 Å². The van der Waals surface area contributed by atoms with Gasteiger partial charge in [-0.15, -0.1) is 0 Å². The zero-order chi connectivity index (χ0) is 12.5. The summed E-state index contributed by atoms with van der Waals surface area (Å²) < 4.78 is 28.6. The van der Waals surface area contributed by atoms with E-state index < -0.39 is 10.2 Å². The lowest BCUT2D eigenvalue weighted by atomic mass is 10.1. The molecule has 0 radical (unpaired) electrons. The van der Waals surface area contributed by atoms with Crippen molar-refractivity contribution >= 4 is 15.9 Å². The molecule has 0 saturated heterocycles. The predicted octanol–water partition coefficient (Wildman–Crippen LogP) is 0.862. The lowest BCUT2D eigenvalue weighted by molar-refractivity contribution is 0.586. The monoisotopic (exact) mass is 255 g/mol. The van der Waals surface area contributed by atoms with E-state index in [1.165, 1.54) is 0 Å². The summed E-state index contributed by atoms with van der Waals surface area (Å²) in [6, 6.07) is 5.54. The fourth-order valence-corrected chi connectivity index (χ4v) is 2.88. The third kappa shape index (κ3) is 3.18. The van der Waals surface area contributed by atoms with Crippen LogP contribution in [0.15, 0.2) is 18.2 Å². The van der Waals surface area contributed by atoms with Crippen LogP contribution in [0.25, 0.3) is 0 Å². The Balaban J connectivity index is 2.19. The van der Waals surface area contributed by atoms with Crippen LogP contribution in [0.3, 0.4) is 0 Å². The van der Waals surface area contributed by atoms with Crippen LogP contribution >= 0.6 is 0 Å². The smallest absolute Gasteiger partial charge is 0.299 e. The van der Waals surface area contributed by atoms with Crippen LogP contribution in [-0.2, 0) is 16.8 Å². The molecule has 4 N–H and O–H groups in total. The van der Waals surface area contributed by atoms with E-state index in [-0.39, 0.29) is 6.04 Å². The Morgan fingerprint density at radius 3 is 2.71 bits per heavy atom. The zero-order valence-electron chi connectivity index (χ0n) is 9.73. The highest BCUT2D eigenvalue weighted by Gasteiger charge is 2.27. The predicted molar refractivity (Wildman–Crippen MR) is 67.8 cm³/mol. The van der Waals surface area contributed by atoms with E-state index in [4.69, 9.17) is 5.73 Å². The van der Waals surface area contributed by atoms with Gasteiger partial charge in [-0.1, -0.05) is 12.1 Å². The van der Waals surface area contributed by atoms with Crippen LogP contribution in [0.2, 0.25) is 0 Å². The van der Waals surface area contributed by atoms with E-state index in [1.807, 2.05) is 19.1 Å². The van der Waals surface area contributed by atoms with Crippen molar-refractivity contribution in [3.63, 3.8) is 0 Å². The maximum atomic E-state index is 11.8. The number of hydrogen-bond donors (Lipinski definition) is 3. The molecule has 1 aliphatic carbocycles. The standard InChI is InChI=1S/C11H17N3O2S/c1-8-3-2-4-11(10(8)7-12)14-17(15,16)13-9-5-6-9/h2-4,9,13-14H,5-7,12H2,1H3. The number of aryl methyl sites for hydroxylation is 1. The molecule has 0 unspecified atom stereocenters. The fraction of sp³-hybridized carbons (Fsp3) is 0.455. The fourth-order valence-electron chi connectivity index (χ4n) is 1.66. The van der Waals surface area contributed by atoms with E-state index in [0.29, 0.717) is 12.2 Å². The Morgan fingerprint density at radius 1 is 1.41 bits per heavy atom. The average Bonchev–Trinajstić information content (AvgIpc) is 3.00. The third-order valence-electron chi connectivity index (χ3n) is 2.76. The summed E-state index contributed by atoms with van der Waals surface area (Å²) in [4.78, 5) is 0. The molecule has 0 amide bonds. The summed E-state index contributed by atoms with van der Waals surface area (Å²) in [6.45, 7) is 2.22. The van der Waals surface area contributed by atoms with Gasteiger partial charge in [0.15, 0.2) is 0 Å². The van der Waals surface area contributed by atoms with Crippen molar-refractivity contribution < 1.29 is 8.42 Å². The van der Waals surface area contributed by atoms with Crippen LogP contribution in [0, 0.1) is 6.92 Å². The minimum absolute atomic E-state index is 0.0960. The van der Waals surface area contributed by atoms with Gasteiger partial charge in [0, 0.05) is 12.6 Å². The van der Waals surface area contributed by atoms with Crippen LogP contribution in [0.4, 0.5) is 5.69 Å². The van der Waals surface area contributed by atoms with Gasteiger partial charge in [0.2, 0.25) is 0 Å². The second-order valence-electron chi connectivity index (χ2n) is 4.30. The molecule has 1 aliphatic rings. The van der Waals surface area contributed by atoms with Crippen molar-refractivity contribution in [2.24, 2.45) is 5.73 Å². The Kier molecular flexibility index (Phi) is 3.37. The topological polar surface area (TPSA) is 84.2 Å². The molecule has 5 nitrogen and oxygen atoms in total. The summed E-state index contributed by atoms with van der Waals surface area (Å²) in [5.74, 6) is 0. The van der Waals surface area contributed by atoms with Gasteiger partial charge in [-0.05, 0) is 37.0 Å². The van der Waals surface area contributed by atoms with E-state index in [9.17, 15) is 8.42 Å². The van der Waals surface area contributed by atoms with Gasteiger partial charge in [0.1, 0.15) is 0 Å². The van der Waals surface area contributed by atoms with Gasteiger partial charge < -0.3 is 5.73 Å². The highest BCUT2D eigenvalue weighted by molar-refractivity contribution is 7.90. The molecule has 2 rings (SSSR count). The highest BCUT2D eigenvalue weighted by atomic mass is 32.2. The molecule has 6 heteroatoms. The van der Waals surface area contributed by atoms with E-state index in [0.717, 1.165) is 24.0 Å². The van der Waals surface area contributed by atoms with Crippen LogP contribution in [0.1, 0.15) is 24.0 Å². The molecule has 0 atom stereocenters. The number of nitrogens with two attached hydrogens (primary N) is 1. The van der Waals surface area contributed by atoms with Crippen molar-refractivity contribution in [1.82, 2.24) is 4.72 Å². The first-order valence-electron chi connectivity index (χ1n) is 5.60. The quantitative estimate of drug-likeness (QED) is 0.729. The third-order valence-corrected chi connectivity index (χ3v) is 3.89. The first-order valence-corrected chi connectivity index (χ1v) is 7.09. The molecule has 1 fully saturated rings. The molecule has 94 valence electrons. The number of hydrogen-bond acceptors (Lipinski definition) is 3. The summed E-state index contributed by atoms with van der Waals surface area (Å²) in [7, 11) is -3.48. The molecule has 0 spiro atoms.